The van der Waals surface area contributed by atoms with E-state index in [1.165, 1.54) is 0 Å². The molecule has 0 fully saturated rings. The van der Waals surface area contributed by atoms with Gasteiger partial charge in [0.25, 0.3) is 0 Å². The van der Waals surface area contributed by atoms with Crippen LogP contribution in [0.3, 0.4) is 0 Å². The van der Waals surface area contributed by atoms with E-state index in [1.807, 2.05) is 78.9 Å². The molecule has 1 N–H and O–H groups in total. The minimum atomic E-state index is 0.544. The minimum absolute atomic E-state index is 0.544. The number of ether oxygens (including phenoxy) is 2. The monoisotopic (exact) mass is 459 g/mol. The lowest BCUT2D eigenvalue weighted by molar-refractivity contribution is 0.160. The maximum atomic E-state index is 5.98. The topological polar surface area (TPSA) is 46.1 Å². The Morgan fingerprint density at radius 2 is 1.44 bits per heavy atom. The van der Waals surface area contributed by atoms with Crippen molar-refractivity contribution in [1.82, 2.24) is 4.90 Å². The zero-order valence-corrected chi connectivity index (χ0v) is 21.0. The van der Waals surface area contributed by atoms with Crippen molar-refractivity contribution in [1.29, 1.82) is 0 Å². The van der Waals surface area contributed by atoms with E-state index in [1.54, 1.807) is 7.11 Å². The van der Waals surface area contributed by atoms with E-state index in [4.69, 9.17) is 14.5 Å². The second kappa shape index (κ2) is 12.8. The van der Waals surface area contributed by atoms with Gasteiger partial charge in [-0.25, -0.2) is 4.99 Å². The third kappa shape index (κ3) is 7.63. The number of nitrogens with zero attached hydrogens (tertiary/aromatic N) is 2. The third-order valence-corrected chi connectivity index (χ3v) is 5.63. The van der Waals surface area contributed by atoms with Crippen LogP contribution < -0.4 is 14.8 Å². The van der Waals surface area contributed by atoms with Gasteiger partial charge in [-0.15, -0.1) is 0 Å². The molecule has 34 heavy (non-hydrogen) atoms. The number of amidine groups is 1. The van der Waals surface area contributed by atoms with E-state index in [0.717, 1.165) is 47.2 Å². The van der Waals surface area contributed by atoms with Gasteiger partial charge >= 0.3 is 0 Å². The molecular weight excluding hydrogens is 422 g/mol. The summed E-state index contributed by atoms with van der Waals surface area (Å²) in [7, 11) is 1.67. The summed E-state index contributed by atoms with van der Waals surface area (Å²) in [4.78, 5) is 7.37. The van der Waals surface area contributed by atoms with Crippen molar-refractivity contribution in [3.05, 3.63) is 84.4 Å². The van der Waals surface area contributed by atoms with E-state index in [2.05, 4.69) is 37.9 Å². The normalized spacial score (nSPS) is 11.8. The molecule has 0 aliphatic rings. The van der Waals surface area contributed by atoms with Crippen molar-refractivity contribution in [3.8, 4) is 11.5 Å². The summed E-state index contributed by atoms with van der Waals surface area (Å²) < 4.78 is 11.2. The molecular formula is C29H37N3O2. The maximum absolute atomic E-state index is 5.98. The van der Waals surface area contributed by atoms with Crippen LogP contribution >= 0.6 is 0 Å². The molecule has 3 aromatic rings. The number of benzene rings is 3. The number of methoxy groups -OCH3 is 1. The molecule has 0 aromatic heterocycles. The van der Waals surface area contributed by atoms with Crippen molar-refractivity contribution in [3.63, 3.8) is 0 Å². The maximum Gasteiger partial charge on any atom is 0.138 e. The highest BCUT2D eigenvalue weighted by Gasteiger charge is 2.12. The fraction of sp³-hybridized carbons (Fsp3) is 0.345. The quantitative estimate of drug-likeness (QED) is 0.195. The van der Waals surface area contributed by atoms with Crippen LogP contribution in [-0.2, 0) is 0 Å². The predicted octanol–water partition coefficient (Wildman–Crippen LogP) is 6.77. The van der Waals surface area contributed by atoms with Crippen LogP contribution in [0.25, 0.3) is 0 Å². The molecule has 3 rings (SSSR count). The summed E-state index contributed by atoms with van der Waals surface area (Å²) >= 11 is 0. The van der Waals surface area contributed by atoms with Crippen LogP contribution in [0.4, 0.5) is 11.4 Å². The number of anilines is 1. The third-order valence-electron chi connectivity index (χ3n) is 5.63. The Morgan fingerprint density at radius 1 is 0.824 bits per heavy atom. The lowest BCUT2D eigenvalue weighted by Crippen LogP contribution is -2.38. The van der Waals surface area contributed by atoms with Crippen LogP contribution in [0.15, 0.2) is 83.9 Å². The first kappa shape index (κ1) is 25.3. The van der Waals surface area contributed by atoms with Crippen LogP contribution in [-0.4, -0.2) is 43.1 Å². The smallest absolute Gasteiger partial charge is 0.138 e. The fourth-order valence-electron chi connectivity index (χ4n) is 3.87. The number of hydrogen-bond acceptors (Lipinski definition) is 4. The van der Waals surface area contributed by atoms with Gasteiger partial charge in [-0.3, -0.25) is 4.90 Å². The molecule has 0 spiro atoms. The lowest BCUT2D eigenvalue weighted by Gasteiger charge is -2.30. The highest BCUT2D eigenvalue weighted by atomic mass is 16.5. The molecule has 0 unspecified atom stereocenters. The summed E-state index contributed by atoms with van der Waals surface area (Å²) in [5.41, 5.74) is 2.82. The molecule has 0 saturated heterocycles. The Kier molecular flexibility index (Phi) is 9.53. The first-order chi connectivity index (χ1) is 16.5. The molecule has 0 aliphatic heterocycles. The Morgan fingerprint density at radius 3 is 2.03 bits per heavy atom. The molecule has 5 nitrogen and oxygen atoms in total. The van der Waals surface area contributed by atoms with E-state index < -0.39 is 0 Å². The van der Waals surface area contributed by atoms with Gasteiger partial charge in [0, 0.05) is 29.9 Å². The number of rotatable bonds is 11. The zero-order chi connectivity index (χ0) is 24.3. The van der Waals surface area contributed by atoms with Gasteiger partial charge in [0.05, 0.1) is 19.4 Å². The summed E-state index contributed by atoms with van der Waals surface area (Å²) in [6.07, 6.45) is 1.00. The highest BCUT2D eigenvalue weighted by Crippen LogP contribution is 2.21. The summed E-state index contributed by atoms with van der Waals surface area (Å²) in [6.45, 7) is 10.7. The molecule has 0 bridgehead atoms. The minimum Gasteiger partial charge on any atom is -0.497 e. The summed E-state index contributed by atoms with van der Waals surface area (Å²) in [5.74, 6) is 2.46. The molecule has 0 atom stereocenters. The van der Waals surface area contributed by atoms with Gasteiger partial charge in [0.15, 0.2) is 0 Å². The number of nitrogens with one attached hydrogen (secondary N) is 1. The van der Waals surface area contributed by atoms with Gasteiger partial charge in [0.2, 0.25) is 0 Å². The molecule has 180 valence electrons. The van der Waals surface area contributed by atoms with Crippen LogP contribution in [0, 0.1) is 0 Å². The van der Waals surface area contributed by atoms with Gasteiger partial charge in [0.1, 0.15) is 17.3 Å². The molecule has 0 radical (unpaired) electrons. The standard InChI is InChI=1S/C29H37N3O2/c1-22(2)32(23(3)4)20-9-21-34-28-18-14-26(15-19-28)31-29(24-10-7-6-8-11-24)30-25-12-16-27(33-5)17-13-25/h6-8,10-19,22-23H,9,20-21H2,1-5H3,(H,30,31). The highest BCUT2D eigenvalue weighted by molar-refractivity contribution is 6.09. The van der Waals surface area contributed by atoms with E-state index >= 15 is 0 Å². The molecule has 0 amide bonds. The average molecular weight is 460 g/mol. The SMILES string of the molecule is COc1ccc(NC(=Nc2ccc(OCCCN(C(C)C)C(C)C)cc2)c2ccccc2)cc1. The van der Waals surface area contributed by atoms with Crippen molar-refractivity contribution in [2.24, 2.45) is 4.99 Å². The Hall–Kier alpha value is -3.31. The lowest BCUT2D eigenvalue weighted by atomic mass is 10.2. The molecule has 0 saturated carbocycles. The van der Waals surface area contributed by atoms with Gasteiger partial charge in [-0.2, -0.15) is 0 Å². The van der Waals surface area contributed by atoms with E-state index in [9.17, 15) is 0 Å². The fourth-order valence-corrected chi connectivity index (χ4v) is 3.87. The second-order valence-electron chi connectivity index (χ2n) is 8.80. The molecule has 0 heterocycles. The van der Waals surface area contributed by atoms with Crippen molar-refractivity contribution < 1.29 is 9.47 Å². The first-order valence-electron chi connectivity index (χ1n) is 12.0. The van der Waals surface area contributed by atoms with Gasteiger partial charge in [-0.05, 0) is 82.6 Å². The Bertz CT molecular complexity index is 1010. The summed E-state index contributed by atoms with van der Waals surface area (Å²) in [6, 6.07) is 27.0. The van der Waals surface area contributed by atoms with Gasteiger partial charge < -0.3 is 14.8 Å². The Balaban J connectivity index is 1.66. The van der Waals surface area contributed by atoms with E-state index in [0.29, 0.717) is 18.7 Å². The first-order valence-corrected chi connectivity index (χ1v) is 12.0. The zero-order valence-electron chi connectivity index (χ0n) is 21.0. The van der Waals surface area contributed by atoms with Crippen molar-refractivity contribution >= 4 is 17.2 Å². The predicted molar refractivity (Wildman–Crippen MR) is 143 cm³/mol. The van der Waals surface area contributed by atoms with Crippen molar-refractivity contribution in [2.75, 3.05) is 25.6 Å². The molecule has 5 heteroatoms. The molecule has 0 aliphatic carbocycles. The number of aliphatic imine (C=N–C) groups is 1. The average Bonchev–Trinajstić information content (AvgIpc) is 2.85. The Labute approximate surface area is 204 Å². The number of hydrogen-bond donors (Lipinski definition) is 1. The van der Waals surface area contributed by atoms with Crippen LogP contribution in [0.5, 0.6) is 11.5 Å². The molecule has 3 aromatic carbocycles. The van der Waals surface area contributed by atoms with Crippen molar-refractivity contribution in [2.45, 2.75) is 46.2 Å². The van der Waals surface area contributed by atoms with E-state index in [-0.39, 0.29) is 0 Å². The second-order valence-corrected chi connectivity index (χ2v) is 8.80. The summed E-state index contributed by atoms with van der Waals surface area (Å²) in [5, 5.41) is 3.44. The largest absolute Gasteiger partial charge is 0.497 e. The van der Waals surface area contributed by atoms with Crippen LogP contribution in [0.2, 0.25) is 0 Å². The van der Waals surface area contributed by atoms with Crippen LogP contribution in [0.1, 0.15) is 39.7 Å². The van der Waals surface area contributed by atoms with Gasteiger partial charge in [-0.1, -0.05) is 30.3 Å².